The Morgan fingerprint density at radius 2 is 2.05 bits per heavy atom. The molecule has 0 spiro atoms. The minimum Gasteiger partial charge on any atom is -0.489 e. The number of aryl methyl sites for hydroxylation is 1. The van der Waals surface area contributed by atoms with E-state index in [1.54, 1.807) is 0 Å². The van der Waals surface area contributed by atoms with E-state index in [2.05, 4.69) is 49.8 Å². The summed E-state index contributed by atoms with van der Waals surface area (Å²) in [6.07, 6.45) is 4.19. The van der Waals surface area contributed by atoms with Crippen LogP contribution in [0.2, 0.25) is 0 Å². The molecule has 2 saturated heterocycles. The first kappa shape index (κ1) is 26.9. The van der Waals surface area contributed by atoms with E-state index >= 15 is 4.39 Å². The Kier molecular flexibility index (Phi) is 7.25. The Bertz CT molecular complexity index is 1410. The van der Waals surface area contributed by atoms with E-state index in [1.807, 2.05) is 0 Å². The Labute approximate surface area is 224 Å². The Morgan fingerprint density at radius 3 is 2.77 bits per heavy atom. The number of tetrazole rings is 1. The number of benzene rings is 1. The molecule has 3 atom stereocenters. The highest BCUT2D eigenvalue weighted by Gasteiger charge is 2.43. The molecule has 0 bridgehead atoms. The number of rotatable bonds is 8. The molecule has 1 unspecified atom stereocenters. The number of fused-ring (bicyclic) bond motifs is 1. The van der Waals surface area contributed by atoms with Gasteiger partial charge in [-0.1, -0.05) is 0 Å². The summed E-state index contributed by atoms with van der Waals surface area (Å²) in [7, 11) is 1.42. The number of halogens is 2. The lowest BCUT2D eigenvalue weighted by atomic mass is 9.84. The zero-order chi connectivity index (χ0) is 27.9. The van der Waals surface area contributed by atoms with Crippen LogP contribution in [0.5, 0.6) is 5.75 Å². The number of anilines is 3. The standard InChI is InChI=1S/C25H33F2N9O3/c1-14(37)13-39-21-9-17(26)19(10-20(21)36-24(38)34(4)32-33-36)30-23-28-12-18(27)22(31-23)29-15-8-16-6-5-7-35(16)25(2,3)11-15/h9-10,12,14-16,37H,5-8,11,13H2,1-4H3,(H2,28,29,30,31)/t14-,15-,16?/m1/s1. The van der Waals surface area contributed by atoms with Crippen molar-refractivity contribution in [2.75, 3.05) is 23.8 Å². The monoisotopic (exact) mass is 545 g/mol. The molecule has 4 heterocycles. The van der Waals surface area contributed by atoms with Gasteiger partial charge in [0.2, 0.25) is 5.95 Å². The van der Waals surface area contributed by atoms with Crippen molar-refractivity contribution in [1.29, 1.82) is 0 Å². The first-order valence-corrected chi connectivity index (χ1v) is 13.0. The normalized spacial score (nSPS) is 21.4. The molecule has 39 heavy (non-hydrogen) atoms. The Hall–Kier alpha value is -3.65. The van der Waals surface area contributed by atoms with E-state index < -0.39 is 23.4 Å². The first-order valence-electron chi connectivity index (χ1n) is 13.0. The molecule has 0 radical (unpaired) electrons. The van der Waals surface area contributed by atoms with Crippen LogP contribution < -0.4 is 21.1 Å². The summed E-state index contributed by atoms with van der Waals surface area (Å²) in [6, 6.07) is 2.82. The van der Waals surface area contributed by atoms with Crippen LogP contribution in [-0.4, -0.2) is 76.6 Å². The van der Waals surface area contributed by atoms with Gasteiger partial charge in [-0.15, -0.1) is 0 Å². The number of aliphatic hydroxyl groups is 1. The van der Waals surface area contributed by atoms with Gasteiger partial charge in [-0.05, 0) is 69.5 Å². The molecule has 2 fully saturated rings. The molecule has 0 amide bonds. The van der Waals surface area contributed by atoms with E-state index in [0.717, 1.165) is 53.9 Å². The molecule has 2 aromatic heterocycles. The molecule has 14 heteroatoms. The largest absolute Gasteiger partial charge is 0.489 e. The highest BCUT2D eigenvalue weighted by molar-refractivity contribution is 5.63. The van der Waals surface area contributed by atoms with Crippen molar-refractivity contribution in [3.8, 4) is 11.4 Å². The topological polar surface area (TPSA) is 135 Å². The highest BCUT2D eigenvalue weighted by Crippen LogP contribution is 2.38. The van der Waals surface area contributed by atoms with E-state index in [1.165, 1.54) is 20.0 Å². The smallest absolute Gasteiger partial charge is 0.368 e. The first-order chi connectivity index (χ1) is 18.5. The van der Waals surface area contributed by atoms with Gasteiger partial charge in [-0.2, -0.15) is 14.3 Å². The molecule has 3 N–H and O–H groups in total. The molecule has 1 aromatic carbocycles. The van der Waals surface area contributed by atoms with Crippen LogP contribution in [0, 0.1) is 11.6 Å². The van der Waals surface area contributed by atoms with Gasteiger partial charge in [0.25, 0.3) is 0 Å². The zero-order valence-corrected chi connectivity index (χ0v) is 22.4. The molecule has 0 aliphatic carbocycles. The number of hydrogen-bond donors (Lipinski definition) is 3. The van der Waals surface area contributed by atoms with Crippen molar-refractivity contribution in [1.82, 2.24) is 34.7 Å². The van der Waals surface area contributed by atoms with E-state index in [0.29, 0.717) is 6.04 Å². The lowest BCUT2D eigenvalue weighted by Crippen LogP contribution is -2.55. The fraction of sp³-hybridized carbons (Fsp3) is 0.560. The molecule has 3 aromatic rings. The van der Waals surface area contributed by atoms with E-state index in [4.69, 9.17) is 4.74 Å². The van der Waals surface area contributed by atoms with Crippen molar-refractivity contribution in [2.45, 2.75) is 70.2 Å². The van der Waals surface area contributed by atoms with Gasteiger partial charge in [0, 0.05) is 30.7 Å². The summed E-state index contributed by atoms with van der Waals surface area (Å²) in [5, 5.41) is 23.1. The predicted octanol–water partition coefficient (Wildman–Crippen LogP) is 2.35. The third-order valence-electron chi connectivity index (χ3n) is 7.27. The Morgan fingerprint density at radius 1 is 1.26 bits per heavy atom. The van der Waals surface area contributed by atoms with E-state index in [9.17, 15) is 14.3 Å². The quantitative estimate of drug-likeness (QED) is 0.387. The molecule has 210 valence electrons. The second kappa shape index (κ2) is 10.5. The summed E-state index contributed by atoms with van der Waals surface area (Å²) in [4.78, 5) is 23.3. The third-order valence-corrected chi connectivity index (χ3v) is 7.27. The average Bonchev–Trinajstić information content (AvgIpc) is 3.48. The minimum absolute atomic E-state index is 0.0166. The van der Waals surface area contributed by atoms with Gasteiger partial charge in [0.1, 0.15) is 18.0 Å². The molecule has 2 aliphatic rings. The van der Waals surface area contributed by atoms with Crippen molar-refractivity contribution >= 4 is 17.5 Å². The fourth-order valence-corrected chi connectivity index (χ4v) is 5.56. The number of nitrogens with zero attached hydrogens (tertiary/aromatic N) is 7. The minimum atomic E-state index is -0.831. The maximum atomic E-state index is 15.1. The highest BCUT2D eigenvalue weighted by atomic mass is 19.1. The van der Waals surface area contributed by atoms with Gasteiger partial charge in [0.15, 0.2) is 17.5 Å². The molecule has 12 nitrogen and oxygen atoms in total. The van der Waals surface area contributed by atoms with Gasteiger partial charge in [-0.25, -0.2) is 18.6 Å². The van der Waals surface area contributed by atoms with Gasteiger partial charge in [0.05, 0.1) is 18.0 Å². The van der Waals surface area contributed by atoms with Crippen LogP contribution in [-0.2, 0) is 7.05 Å². The molecular formula is C25H33F2N9O3. The number of aliphatic hydroxyl groups excluding tert-OH is 1. The zero-order valence-electron chi connectivity index (χ0n) is 22.4. The van der Waals surface area contributed by atoms with Crippen LogP contribution in [0.25, 0.3) is 5.69 Å². The third kappa shape index (κ3) is 5.57. The van der Waals surface area contributed by atoms with Crippen molar-refractivity contribution in [3.05, 3.63) is 40.4 Å². The average molecular weight is 546 g/mol. The van der Waals surface area contributed by atoms with Crippen LogP contribution in [0.3, 0.4) is 0 Å². The van der Waals surface area contributed by atoms with Crippen LogP contribution >= 0.6 is 0 Å². The number of ether oxygens (including phenoxy) is 1. The Balaban J connectivity index is 1.41. The van der Waals surface area contributed by atoms with Gasteiger partial charge >= 0.3 is 5.69 Å². The number of piperidine rings is 1. The number of hydrogen-bond acceptors (Lipinski definition) is 10. The second-order valence-electron chi connectivity index (χ2n) is 10.9. The van der Waals surface area contributed by atoms with Gasteiger partial charge < -0.3 is 20.5 Å². The second-order valence-corrected chi connectivity index (χ2v) is 10.9. The SMILES string of the molecule is C[C@@H](O)COc1cc(F)c(Nc2ncc(F)c(N[C@@H]3CC4CCCN4C(C)(C)C3)n2)cc1-n1nnn(C)c1=O. The summed E-state index contributed by atoms with van der Waals surface area (Å²) in [5.41, 5.74) is -0.610. The maximum Gasteiger partial charge on any atom is 0.368 e. The fourth-order valence-electron chi connectivity index (χ4n) is 5.56. The summed E-state index contributed by atoms with van der Waals surface area (Å²) in [6.45, 7) is 6.87. The predicted molar refractivity (Wildman–Crippen MR) is 139 cm³/mol. The lowest BCUT2D eigenvalue weighted by molar-refractivity contribution is 0.0500. The molecule has 5 rings (SSSR count). The molecule has 0 saturated carbocycles. The van der Waals surface area contributed by atoms with Crippen molar-refractivity contribution in [3.63, 3.8) is 0 Å². The number of aromatic nitrogens is 6. The summed E-state index contributed by atoms with van der Waals surface area (Å²) in [5.74, 6) is -1.38. The maximum absolute atomic E-state index is 15.1. The van der Waals surface area contributed by atoms with Crippen LogP contribution in [0.4, 0.5) is 26.2 Å². The number of nitrogens with one attached hydrogen (secondary N) is 2. The van der Waals surface area contributed by atoms with Crippen molar-refractivity contribution in [2.24, 2.45) is 7.05 Å². The van der Waals surface area contributed by atoms with Crippen LogP contribution in [0.1, 0.15) is 46.5 Å². The lowest BCUT2D eigenvalue weighted by Gasteiger charge is -2.47. The molecular weight excluding hydrogens is 512 g/mol. The summed E-state index contributed by atoms with van der Waals surface area (Å²) < 4.78 is 37.4. The van der Waals surface area contributed by atoms with E-state index in [-0.39, 0.29) is 47.1 Å². The molecule has 2 aliphatic heterocycles. The summed E-state index contributed by atoms with van der Waals surface area (Å²) >= 11 is 0. The van der Waals surface area contributed by atoms with Crippen molar-refractivity contribution < 1.29 is 18.6 Å². The van der Waals surface area contributed by atoms with Crippen LogP contribution in [0.15, 0.2) is 23.1 Å². The van der Waals surface area contributed by atoms with Gasteiger partial charge in [-0.3, -0.25) is 4.90 Å².